The number of amides is 1. The van der Waals surface area contributed by atoms with Gasteiger partial charge in [0.1, 0.15) is 5.56 Å². The summed E-state index contributed by atoms with van der Waals surface area (Å²) in [5, 5.41) is 14.3. The maximum atomic E-state index is 12.6. The van der Waals surface area contributed by atoms with Gasteiger partial charge in [-0.1, -0.05) is 42.5 Å². The molecule has 0 spiro atoms. The lowest BCUT2D eigenvalue weighted by atomic mass is 10.0. The van der Waals surface area contributed by atoms with Gasteiger partial charge < -0.3 is 5.32 Å². The molecule has 5 nitrogen and oxygen atoms in total. The highest BCUT2D eigenvalue weighted by Crippen LogP contribution is 2.41. The van der Waals surface area contributed by atoms with E-state index in [0.29, 0.717) is 11.5 Å². The van der Waals surface area contributed by atoms with Gasteiger partial charge in [0.05, 0.1) is 11.0 Å². The van der Waals surface area contributed by atoms with E-state index in [0.717, 1.165) is 18.4 Å². The molecule has 1 saturated carbocycles. The maximum absolute atomic E-state index is 12.6. The molecule has 2 aromatic rings. The first-order chi connectivity index (χ1) is 11.1. The van der Waals surface area contributed by atoms with E-state index in [1.54, 1.807) is 19.1 Å². The van der Waals surface area contributed by atoms with Crippen LogP contribution in [0.5, 0.6) is 0 Å². The van der Waals surface area contributed by atoms with E-state index in [2.05, 4.69) is 5.32 Å². The molecule has 2 aromatic carbocycles. The predicted molar refractivity (Wildman–Crippen MR) is 87.2 cm³/mol. The number of hydrogen-bond acceptors (Lipinski definition) is 3. The van der Waals surface area contributed by atoms with Crippen molar-refractivity contribution >= 4 is 11.6 Å². The Morgan fingerprint density at radius 1 is 1.17 bits per heavy atom. The molecule has 0 aromatic heterocycles. The molecule has 0 radical (unpaired) electrons. The summed E-state index contributed by atoms with van der Waals surface area (Å²) in [6.07, 6.45) is 2.13. The minimum absolute atomic E-state index is 0.0937. The molecule has 0 unspecified atom stereocenters. The number of rotatable bonds is 5. The highest BCUT2D eigenvalue weighted by Gasteiger charge is 2.34. The first kappa shape index (κ1) is 15.2. The third-order valence-corrected chi connectivity index (χ3v) is 4.20. The Labute approximate surface area is 134 Å². The molecule has 1 aliphatic carbocycles. The molecule has 1 fully saturated rings. The Hall–Kier alpha value is -2.69. The smallest absolute Gasteiger partial charge is 0.285 e. The molecule has 3 rings (SSSR count). The Balaban J connectivity index is 1.89. The van der Waals surface area contributed by atoms with Crippen LogP contribution in [0, 0.1) is 23.0 Å². The second-order valence-electron chi connectivity index (χ2n) is 5.93. The summed E-state index contributed by atoms with van der Waals surface area (Å²) >= 11 is 0. The summed E-state index contributed by atoms with van der Waals surface area (Å²) in [5.41, 5.74) is 1.54. The molecule has 1 atom stereocenters. The van der Waals surface area contributed by atoms with Crippen molar-refractivity contribution in [2.24, 2.45) is 5.92 Å². The van der Waals surface area contributed by atoms with E-state index in [-0.39, 0.29) is 23.2 Å². The molecular formula is C18H18N2O3. The summed E-state index contributed by atoms with van der Waals surface area (Å²) in [4.78, 5) is 23.4. The second-order valence-corrected chi connectivity index (χ2v) is 5.93. The number of carbonyl (C=O) groups excluding carboxylic acids is 1. The number of nitro benzene ring substituents is 1. The normalized spacial score (nSPS) is 15.0. The SMILES string of the molecule is Cc1cccc(C(=O)N[C@H](c2ccccc2)C2CC2)c1[N+](=O)[O-]. The van der Waals surface area contributed by atoms with Crippen molar-refractivity contribution in [1.29, 1.82) is 0 Å². The van der Waals surface area contributed by atoms with Crippen LogP contribution in [-0.4, -0.2) is 10.8 Å². The molecule has 5 heteroatoms. The van der Waals surface area contributed by atoms with Crippen molar-refractivity contribution < 1.29 is 9.72 Å². The summed E-state index contributed by atoms with van der Waals surface area (Å²) < 4.78 is 0. The van der Waals surface area contributed by atoms with E-state index >= 15 is 0 Å². The topological polar surface area (TPSA) is 72.2 Å². The Morgan fingerprint density at radius 2 is 1.87 bits per heavy atom. The molecule has 0 heterocycles. The summed E-state index contributed by atoms with van der Waals surface area (Å²) in [6, 6.07) is 14.5. The largest absolute Gasteiger partial charge is 0.345 e. The number of aryl methyl sites for hydroxylation is 1. The lowest BCUT2D eigenvalue weighted by molar-refractivity contribution is -0.385. The number of benzene rings is 2. The van der Waals surface area contributed by atoms with Crippen LogP contribution >= 0.6 is 0 Å². The van der Waals surface area contributed by atoms with Crippen LogP contribution in [-0.2, 0) is 0 Å². The van der Waals surface area contributed by atoms with Crippen molar-refractivity contribution in [3.8, 4) is 0 Å². The third-order valence-electron chi connectivity index (χ3n) is 4.20. The molecule has 1 aliphatic rings. The van der Waals surface area contributed by atoms with Gasteiger partial charge in [-0.3, -0.25) is 14.9 Å². The third kappa shape index (κ3) is 3.23. The quantitative estimate of drug-likeness (QED) is 0.674. The first-order valence-electron chi connectivity index (χ1n) is 7.67. The minimum Gasteiger partial charge on any atom is -0.345 e. The van der Waals surface area contributed by atoms with Crippen molar-refractivity contribution in [1.82, 2.24) is 5.32 Å². The van der Waals surface area contributed by atoms with Gasteiger partial charge in [0.2, 0.25) is 0 Å². The van der Waals surface area contributed by atoms with Crippen LogP contribution in [0.2, 0.25) is 0 Å². The van der Waals surface area contributed by atoms with Crippen molar-refractivity contribution in [2.75, 3.05) is 0 Å². The average molecular weight is 310 g/mol. The van der Waals surface area contributed by atoms with E-state index < -0.39 is 4.92 Å². The molecule has 1 amide bonds. The zero-order valence-corrected chi connectivity index (χ0v) is 12.9. The van der Waals surface area contributed by atoms with E-state index in [1.165, 1.54) is 6.07 Å². The van der Waals surface area contributed by atoms with Gasteiger partial charge in [-0.05, 0) is 37.3 Å². The summed E-state index contributed by atoms with van der Waals surface area (Å²) in [6.45, 7) is 1.64. The van der Waals surface area contributed by atoms with Crippen molar-refractivity contribution in [3.63, 3.8) is 0 Å². The zero-order chi connectivity index (χ0) is 16.4. The molecule has 23 heavy (non-hydrogen) atoms. The van der Waals surface area contributed by atoms with E-state index in [4.69, 9.17) is 0 Å². The summed E-state index contributed by atoms with van der Waals surface area (Å²) in [5.74, 6) is 0.0198. The monoisotopic (exact) mass is 310 g/mol. The van der Waals surface area contributed by atoms with Crippen LogP contribution in [0.4, 0.5) is 5.69 Å². The van der Waals surface area contributed by atoms with Gasteiger partial charge >= 0.3 is 0 Å². The molecule has 0 saturated heterocycles. The highest BCUT2D eigenvalue weighted by atomic mass is 16.6. The van der Waals surface area contributed by atoms with Crippen LogP contribution in [0.25, 0.3) is 0 Å². The van der Waals surface area contributed by atoms with Gasteiger partial charge in [-0.15, -0.1) is 0 Å². The first-order valence-corrected chi connectivity index (χ1v) is 7.67. The Morgan fingerprint density at radius 3 is 2.48 bits per heavy atom. The molecule has 0 aliphatic heterocycles. The van der Waals surface area contributed by atoms with Crippen molar-refractivity contribution in [3.05, 3.63) is 75.3 Å². The number of nitro groups is 1. The van der Waals surface area contributed by atoms with Gasteiger partial charge in [-0.25, -0.2) is 0 Å². The van der Waals surface area contributed by atoms with Crippen LogP contribution in [0.3, 0.4) is 0 Å². The average Bonchev–Trinajstić information content (AvgIpc) is 3.37. The Bertz CT molecular complexity index is 739. The highest BCUT2D eigenvalue weighted by molar-refractivity contribution is 5.98. The number of nitrogens with zero attached hydrogens (tertiary/aromatic N) is 1. The number of hydrogen-bond donors (Lipinski definition) is 1. The Kier molecular flexibility index (Phi) is 4.10. The van der Waals surface area contributed by atoms with E-state index in [9.17, 15) is 14.9 Å². The molecule has 118 valence electrons. The van der Waals surface area contributed by atoms with Crippen LogP contribution < -0.4 is 5.32 Å². The number of carbonyl (C=O) groups is 1. The molecular weight excluding hydrogens is 292 g/mol. The number of nitrogens with one attached hydrogen (secondary N) is 1. The van der Waals surface area contributed by atoms with Gasteiger partial charge in [0, 0.05) is 5.56 Å². The lowest BCUT2D eigenvalue weighted by Crippen LogP contribution is -2.30. The van der Waals surface area contributed by atoms with Gasteiger partial charge in [-0.2, -0.15) is 0 Å². The minimum atomic E-state index is -0.487. The fraction of sp³-hybridized carbons (Fsp3) is 0.278. The fourth-order valence-electron chi connectivity index (χ4n) is 2.87. The zero-order valence-electron chi connectivity index (χ0n) is 12.9. The van der Waals surface area contributed by atoms with Crippen LogP contribution in [0.15, 0.2) is 48.5 Å². The maximum Gasteiger partial charge on any atom is 0.285 e. The van der Waals surface area contributed by atoms with E-state index in [1.807, 2.05) is 30.3 Å². The standard InChI is InChI=1S/C18H18N2O3/c1-12-6-5-9-15(17(12)20(22)23)18(21)19-16(14-10-11-14)13-7-3-2-4-8-13/h2-9,14,16H,10-11H2,1H3,(H,19,21)/t16-/m1/s1. The lowest BCUT2D eigenvalue weighted by Gasteiger charge is -2.19. The van der Waals surface area contributed by atoms with Crippen LogP contribution in [0.1, 0.15) is 40.4 Å². The van der Waals surface area contributed by atoms with Gasteiger partial charge in [0.25, 0.3) is 11.6 Å². The molecule has 1 N–H and O–H groups in total. The van der Waals surface area contributed by atoms with Gasteiger partial charge in [0.15, 0.2) is 0 Å². The predicted octanol–water partition coefficient (Wildman–Crippen LogP) is 3.78. The molecule has 0 bridgehead atoms. The summed E-state index contributed by atoms with van der Waals surface area (Å²) in [7, 11) is 0. The fourth-order valence-corrected chi connectivity index (χ4v) is 2.87. The van der Waals surface area contributed by atoms with Crippen molar-refractivity contribution in [2.45, 2.75) is 25.8 Å². The number of para-hydroxylation sites is 1. The second kappa shape index (κ2) is 6.20.